The van der Waals surface area contributed by atoms with Crippen molar-refractivity contribution in [1.29, 1.82) is 0 Å². The molecule has 3 rings (SSSR count). The predicted molar refractivity (Wildman–Crippen MR) is 116 cm³/mol. The Balaban J connectivity index is 1.47. The number of likely N-dealkylation sites (N-methyl/N-ethyl adjacent to an activating group) is 1. The molecular weight excluding hydrogens is 364 g/mol. The minimum Gasteiger partial charge on any atom is -0.489 e. The van der Waals surface area contributed by atoms with Gasteiger partial charge in [-0.1, -0.05) is 30.3 Å². The van der Waals surface area contributed by atoms with Gasteiger partial charge in [0, 0.05) is 55.0 Å². The summed E-state index contributed by atoms with van der Waals surface area (Å²) in [4.78, 5) is 18.5. The Labute approximate surface area is 171 Å². The fraction of sp³-hybridized carbons (Fsp3) is 0.217. The number of aromatic nitrogens is 1. The number of urea groups is 1. The first kappa shape index (κ1) is 20.2. The summed E-state index contributed by atoms with van der Waals surface area (Å²) in [7, 11) is 2.02. The van der Waals surface area contributed by atoms with Crippen molar-refractivity contribution >= 4 is 17.4 Å². The van der Waals surface area contributed by atoms with Gasteiger partial charge in [-0.2, -0.15) is 0 Å². The molecule has 150 valence electrons. The third-order valence-electron chi connectivity index (χ3n) is 4.60. The molecule has 29 heavy (non-hydrogen) atoms. The van der Waals surface area contributed by atoms with Crippen LogP contribution in [0.1, 0.15) is 12.5 Å². The second kappa shape index (κ2) is 10.1. The summed E-state index contributed by atoms with van der Waals surface area (Å²) in [5, 5.41) is 5.77. The molecular formula is C23H26N4O2. The zero-order valence-electron chi connectivity index (χ0n) is 16.7. The van der Waals surface area contributed by atoms with Crippen molar-refractivity contribution in [2.75, 3.05) is 23.8 Å². The van der Waals surface area contributed by atoms with Crippen LogP contribution in [0.4, 0.5) is 16.2 Å². The molecule has 1 heterocycles. The zero-order valence-corrected chi connectivity index (χ0v) is 16.7. The fourth-order valence-electron chi connectivity index (χ4n) is 2.78. The highest BCUT2D eigenvalue weighted by Crippen LogP contribution is 2.18. The van der Waals surface area contributed by atoms with Crippen LogP contribution in [0.25, 0.3) is 0 Å². The second-order valence-electron chi connectivity index (χ2n) is 6.81. The number of amides is 2. The molecule has 0 radical (unpaired) electrons. The van der Waals surface area contributed by atoms with Crippen LogP contribution in [-0.4, -0.2) is 30.6 Å². The van der Waals surface area contributed by atoms with Crippen molar-refractivity contribution in [3.63, 3.8) is 0 Å². The number of rotatable bonds is 8. The number of carbonyl (C=O) groups excluding carboxylic acids is 1. The van der Waals surface area contributed by atoms with E-state index in [1.54, 1.807) is 18.5 Å². The number of para-hydroxylation sites is 1. The minimum absolute atomic E-state index is 0.150. The van der Waals surface area contributed by atoms with Gasteiger partial charge in [0.2, 0.25) is 0 Å². The molecule has 2 amide bonds. The van der Waals surface area contributed by atoms with Gasteiger partial charge in [-0.3, -0.25) is 4.98 Å². The van der Waals surface area contributed by atoms with Crippen molar-refractivity contribution in [2.45, 2.75) is 19.6 Å². The van der Waals surface area contributed by atoms with Crippen LogP contribution in [0, 0.1) is 0 Å². The van der Waals surface area contributed by atoms with E-state index in [1.165, 1.54) is 0 Å². The first-order valence-corrected chi connectivity index (χ1v) is 9.56. The molecule has 0 saturated heterocycles. The quantitative estimate of drug-likeness (QED) is 0.602. The van der Waals surface area contributed by atoms with Crippen molar-refractivity contribution in [1.82, 2.24) is 10.3 Å². The van der Waals surface area contributed by atoms with Gasteiger partial charge in [-0.15, -0.1) is 0 Å². The van der Waals surface area contributed by atoms with E-state index >= 15 is 0 Å². The van der Waals surface area contributed by atoms with Gasteiger partial charge in [0.1, 0.15) is 12.4 Å². The summed E-state index contributed by atoms with van der Waals surface area (Å²) >= 11 is 0. The Bertz CT molecular complexity index is 903. The van der Waals surface area contributed by atoms with E-state index in [-0.39, 0.29) is 12.1 Å². The molecule has 0 bridgehead atoms. The summed E-state index contributed by atoms with van der Waals surface area (Å²) < 4.78 is 5.77. The fourth-order valence-corrected chi connectivity index (χ4v) is 2.78. The molecule has 0 spiro atoms. The summed E-state index contributed by atoms with van der Waals surface area (Å²) in [6, 6.07) is 21.2. The van der Waals surface area contributed by atoms with Gasteiger partial charge in [0.25, 0.3) is 0 Å². The molecule has 1 atom stereocenters. The number of pyridine rings is 1. The van der Waals surface area contributed by atoms with E-state index in [9.17, 15) is 4.79 Å². The van der Waals surface area contributed by atoms with Gasteiger partial charge in [0.15, 0.2) is 0 Å². The molecule has 0 aliphatic carbocycles. The first-order chi connectivity index (χ1) is 14.1. The third kappa shape index (κ3) is 6.24. The molecule has 6 nitrogen and oxygen atoms in total. The van der Waals surface area contributed by atoms with Crippen LogP contribution in [0.3, 0.4) is 0 Å². The van der Waals surface area contributed by atoms with E-state index in [0.29, 0.717) is 24.6 Å². The summed E-state index contributed by atoms with van der Waals surface area (Å²) in [5.41, 5.74) is 2.77. The smallest absolute Gasteiger partial charge is 0.319 e. The Morgan fingerprint density at radius 1 is 1.10 bits per heavy atom. The molecule has 2 aromatic carbocycles. The highest BCUT2D eigenvalue weighted by molar-refractivity contribution is 5.89. The molecule has 0 unspecified atom stereocenters. The second-order valence-corrected chi connectivity index (χ2v) is 6.81. The number of hydrogen-bond acceptors (Lipinski definition) is 4. The van der Waals surface area contributed by atoms with Crippen LogP contribution in [0.5, 0.6) is 5.75 Å². The van der Waals surface area contributed by atoms with E-state index < -0.39 is 0 Å². The summed E-state index contributed by atoms with van der Waals surface area (Å²) in [5.74, 6) is 0.684. The number of ether oxygens (including phenoxy) is 1. The van der Waals surface area contributed by atoms with Crippen molar-refractivity contribution < 1.29 is 9.53 Å². The first-order valence-electron chi connectivity index (χ1n) is 9.56. The normalized spacial score (nSPS) is 11.4. The lowest BCUT2D eigenvalue weighted by molar-refractivity contribution is 0.251. The van der Waals surface area contributed by atoms with E-state index in [2.05, 4.69) is 27.4 Å². The van der Waals surface area contributed by atoms with Gasteiger partial charge in [0.05, 0.1) is 0 Å². The van der Waals surface area contributed by atoms with Crippen molar-refractivity contribution in [3.8, 4) is 5.75 Å². The standard InChI is InChI=1S/C23H26N4O2/c1-18(27(2)21-10-4-3-5-11-21)15-25-23(28)26-20-9-6-12-22(14-20)29-17-19-8-7-13-24-16-19/h3-14,16,18H,15,17H2,1-2H3,(H2,25,26,28)/t18-/m0/s1. The van der Waals surface area contributed by atoms with E-state index in [1.807, 2.05) is 67.7 Å². The Kier molecular flexibility index (Phi) is 7.05. The monoisotopic (exact) mass is 390 g/mol. The van der Waals surface area contributed by atoms with Gasteiger partial charge < -0.3 is 20.3 Å². The maximum absolute atomic E-state index is 12.3. The molecule has 0 fully saturated rings. The molecule has 1 aromatic heterocycles. The maximum atomic E-state index is 12.3. The molecule has 0 aliphatic heterocycles. The lowest BCUT2D eigenvalue weighted by atomic mass is 10.2. The van der Waals surface area contributed by atoms with Crippen LogP contribution in [0.15, 0.2) is 79.1 Å². The van der Waals surface area contributed by atoms with Crippen LogP contribution >= 0.6 is 0 Å². The van der Waals surface area contributed by atoms with Crippen LogP contribution in [0.2, 0.25) is 0 Å². The lowest BCUT2D eigenvalue weighted by Gasteiger charge is -2.27. The van der Waals surface area contributed by atoms with Gasteiger partial charge in [-0.05, 0) is 37.3 Å². The van der Waals surface area contributed by atoms with Crippen LogP contribution < -0.4 is 20.3 Å². The maximum Gasteiger partial charge on any atom is 0.319 e. The number of hydrogen-bond donors (Lipinski definition) is 2. The Hall–Kier alpha value is -3.54. The molecule has 0 aliphatic rings. The highest BCUT2D eigenvalue weighted by Gasteiger charge is 2.11. The highest BCUT2D eigenvalue weighted by atomic mass is 16.5. The summed E-state index contributed by atoms with van der Waals surface area (Å²) in [6.07, 6.45) is 3.49. The van der Waals surface area contributed by atoms with Crippen LogP contribution in [-0.2, 0) is 6.61 Å². The average molecular weight is 390 g/mol. The number of carbonyl (C=O) groups is 1. The van der Waals surface area contributed by atoms with Crippen molar-refractivity contribution in [2.24, 2.45) is 0 Å². The number of nitrogens with zero attached hydrogens (tertiary/aromatic N) is 2. The summed E-state index contributed by atoms with van der Waals surface area (Å²) in [6.45, 7) is 3.02. The topological polar surface area (TPSA) is 66.5 Å². The molecule has 3 aromatic rings. The van der Waals surface area contributed by atoms with E-state index in [4.69, 9.17) is 4.74 Å². The third-order valence-corrected chi connectivity index (χ3v) is 4.60. The SMILES string of the molecule is C[C@@H](CNC(=O)Nc1cccc(OCc2cccnc2)c1)N(C)c1ccccc1. The Morgan fingerprint density at radius 3 is 2.69 bits per heavy atom. The lowest BCUT2D eigenvalue weighted by Crippen LogP contribution is -2.41. The molecule has 6 heteroatoms. The minimum atomic E-state index is -0.247. The van der Waals surface area contributed by atoms with E-state index in [0.717, 1.165) is 11.3 Å². The molecule has 0 saturated carbocycles. The van der Waals surface area contributed by atoms with Gasteiger partial charge in [-0.25, -0.2) is 4.79 Å². The average Bonchev–Trinajstić information content (AvgIpc) is 2.77. The zero-order chi connectivity index (χ0) is 20.5. The Morgan fingerprint density at radius 2 is 1.93 bits per heavy atom. The number of benzene rings is 2. The largest absolute Gasteiger partial charge is 0.489 e. The van der Waals surface area contributed by atoms with Crippen molar-refractivity contribution in [3.05, 3.63) is 84.7 Å². The number of anilines is 2. The molecule has 2 N–H and O–H groups in total. The predicted octanol–water partition coefficient (Wildman–Crippen LogP) is 4.31. The number of nitrogens with one attached hydrogen (secondary N) is 2. The van der Waals surface area contributed by atoms with Gasteiger partial charge >= 0.3 is 6.03 Å².